The number of hydrogen-bond acceptors (Lipinski definition) is 6. The van der Waals surface area contributed by atoms with Crippen LogP contribution in [0.25, 0.3) is 0 Å². The van der Waals surface area contributed by atoms with Crippen molar-refractivity contribution < 1.29 is 14.7 Å². The second-order valence-electron chi connectivity index (χ2n) is 4.74. The number of rotatable bonds is 3. The number of aliphatic hydroxyl groups is 1. The van der Waals surface area contributed by atoms with Gasteiger partial charge < -0.3 is 20.1 Å². The third kappa shape index (κ3) is 2.74. The van der Waals surface area contributed by atoms with Gasteiger partial charge in [0.2, 0.25) is 5.89 Å². The van der Waals surface area contributed by atoms with Crippen LogP contribution in [0.2, 0.25) is 0 Å². The average Bonchev–Trinajstić information content (AvgIpc) is 3.01. The number of hydrogen-bond donors (Lipinski definition) is 3. The normalized spacial score (nSPS) is 22.8. The van der Waals surface area contributed by atoms with Gasteiger partial charge in [0, 0.05) is 13.0 Å². The number of nitrogens with zero attached hydrogens (tertiary/aromatic N) is 2. The lowest BCUT2D eigenvalue weighted by atomic mass is 10.1. The first-order valence-electron chi connectivity index (χ1n) is 6.22. The third-order valence-corrected chi connectivity index (χ3v) is 3.19. The van der Waals surface area contributed by atoms with Crippen molar-refractivity contribution in [1.29, 1.82) is 0 Å². The van der Waals surface area contributed by atoms with E-state index in [1.54, 1.807) is 12.1 Å². The van der Waals surface area contributed by atoms with E-state index < -0.39 is 0 Å². The van der Waals surface area contributed by atoms with E-state index in [1.807, 2.05) is 12.1 Å². The van der Waals surface area contributed by atoms with Gasteiger partial charge in [0.1, 0.15) is 5.75 Å². The van der Waals surface area contributed by atoms with Crippen LogP contribution in [0.1, 0.15) is 29.7 Å². The molecule has 3 N–H and O–H groups in total. The van der Waals surface area contributed by atoms with E-state index in [-0.39, 0.29) is 17.9 Å². The van der Waals surface area contributed by atoms with Crippen molar-refractivity contribution in [3.8, 4) is 5.75 Å². The molecule has 6 nitrogen and oxygen atoms in total. The maximum absolute atomic E-state index is 9.45. The quantitative estimate of drug-likeness (QED) is 0.755. The summed E-state index contributed by atoms with van der Waals surface area (Å²) in [6.45, 7) is 0.556. The highest BCUT2D eigenvalue weighted by molar-refractivity contribution is 5.27. The molecular formula is C13H15N3O3. The molecule has 0 aliphatic carbocycles. The Balaban J connectivity index is 1.69. The van der Waals surface area contributed by atoms with Gasteiger partial charge in [-0.2, -0.15) is 4.98 Å². The van der Waals surface area contributed by atoms with E-state index in [2.05, 4.69) is 15.5 Å². The molecule has 2 aromatic rings. The molecular weight excluding hydrogens is 246 g/mol. The van der Waals surface area contributed by atoms with Crippen molar-refractivity contribution >= 4 is 0 Å². The van der Waals surface area contributed by atoms with Crippen molar-refractivity contribution in [2.24, 2.45) is 0 Å². The maximum Gasteiger partial charge on any atom is 0.243 e. The van der Waals surface area contributed by atoms with Gasteiger partial charge in [-0.1, -0.05) is 17.3 Å². The second kappa shape index (κ2) is 4.99. The average molecular weight is 261 g/mol. The molecule has 1 saturated heterocycles. The molecule has 1 aromatic carbocycles. The van der Waals surface area contributed by atoms with Gasteiger partial charge in [-0.05, 0) is 24.1 Å². The summed E-state index contributed by atoms with van der Waals surface area (Å²) in [5, 5.41) is 25.7. The summed E-state index contributed by atoms with van der Waals surface area (Å²) >= 11 is 0. The Bertz CT molecular complexity index is 553. The number of aliphatic hydroxyl groups excluding tert-OH is 1. The van der Waals surface area contributed by atoms with Crippen molar-refractivity contribution in [3.05, 3.63) is 41.5 Å². The molecule has 100 valence electrons. The molecule has 1 aliphatic heterocycles. The number of aromatic nitrogens is 2. The van der Waals surface area contributed by atoms with E-state index in [0.29, 0.717) is 31.1 Å². The topological polar surface area (TPSA) is 91.4 Å². The van der Waals surface area contributed by atoms with Crippen molar-refractivity contribution in [2.45, 2.75) is 25.0 Å². The lowest BCUT2D eigenvalue weighted by molar-refractivity contribution is 0.191. The summed E-state index contributed by atoms with van der Waals surface area (Å²) in [7, 11) is 0. The highest BCUT2D eigenvalue weighted by Gasteiger charge is 2.27. The Morgan fingerprint density at radius 2 is 2.11 bits per heavy atom. The van der Waals surface area contributed by atoms with Crippen LogP contribution in [0, 0.1) is 0 Å². The van der Waals surface area contributed by atoms with Gasteiger partial charge in [0.15, 0.2) is 5.82 Å². The molecule has 1 fully saturated rings. The number of β-amino-alcohol motifs (C(OH)–C–C–N with tert-alkyl or cyclic N) is 1. The molecule has 2 atom stereocenters. The second-order valence-corrected chi connectivity index (χ2v) is 4.74. The highest BCUT2D eigenvalue weighted by Crippen LogP contribution is 2.22. The van der Waals surface area contributed by atoms with Gasteiger partial charge in [-0.3, -0.25) is 0 Å². The zero-order chi connectivity index (χ0) is 13.2. The molecule has 0 amide bonds. The van der Waals surface area contributed by atoms with E-state index in [4.69, 9.17) is 4.52 Å². The Labute approximate surface area is 110 Å². The van der Waals surface area contributed by atoms with E-state index in [1.165, 1.54) is 0 Å². The highest BCUT2D eigenvalue weighted by atomic mass is 16.5. The molecule has 0 radical (unpaired) electrons. The van der Waals surface area contributed by atoms with Gasteiger partial charge in [0.25, 0.3) is 0 Å². The minimum absolute atomic E-state index is 0.0592. The zero-order valence-corrected chi connectivity index (χ0v) is 10.3. The zero-order valence-electron chi connectivity index (χ0n) is 10.3. The fourth-order valence-electron chi connectivity index (χ4n) is 2.18. The van der Waals surface area contributed by atoms with Crippen LogP contribution in [0.3, 0.4) is 0 Å². The molecule has 1 aliphatic rings. The van der Waals surface area contributed by atoms with Gasteiger partial charge >= 0.3 is 0 Å². The van der Waals surface area contributed by atoms with Crippen LogP contribution in [-0.2, 0) is 6.42 Å². The lowest BCUT2D eigenvalue weighted by Gasteiger charge is -2.01. The molecule has 19 heavy (non-hydrogen) atoms. The first-order chi connectivity index (χ1) is 9.20. The number of benzene rings is 1. The summed E-state index contributed by atoms with van der Waals surface area (Å²) in [5.74, 6) is 1.36. The summed E-state index contributed by atoms with van der Waals surface area (Å²) < 4.78 is 5.21. The molecule has 0 spiro atoms. The number of nitrogens with one attached hydrogen (secondary N) is 1. The van der Waals surface area contributed by atoms with Gasteiger partial charge in [-0.15, -0.1) is 0 Å². The maximum atomic E-state index is 9.45. The SMILES string of the molecule is Oc1ccc(Cc2noc([C@H]3C[C@@H](O)CN3)n2)cc1. The first kappa shape index (κ1) is 12.1. The van der Waals surface area contributed by atoms with Crippen molar-refractivity contribution in [3.63, 3.8) is 0 Å². The van der Waals surface area contributed by atoms with Crippen molar-refractivity contribution in [1.82, 2.24) is 15.5 Å². The molecule has 0 saturated carbocycles. The molecule has 0 bridgehead atoms. The fourth-order valence-corrected chi connectivity index (χ4v) is 2.18. The van der Waals surface area contributed by atoms with E-state index in [0.717, 1.165) is 5.56 Å². The smallest absolute Gasteiger partial charge is 0.243 e. The van der Waals surface area contributed by atoms with Gasteiger partial charge in [0.05, 0.1) is 12.1 Å². The van der Waals surface area contributed by atoms with Crippen LogP contribution in [-0.4, -0.2) is 33.0 Å². The van der Waals surface area contributed by atoms with Crippen LogP contribution >= 0.6 is 0 Å². The number of phenolic OH excluding ortho intramolecular Hbond substituents is 1. The summed E-state index contributed by atoms with van der Waals surface area (Å²) in [5.41, 5.74) is 1.00. The Kier molecular flexibility index (Phi) is 3.18. The Hall–Kier alpha value is -1.92. The standard InChI is InChI=1S/C13H15N3O3/c17-9-3-1-8(2-4-9)5-12-15-13(19-16-12)11-6-10(18)7-14-11/h1-4,10-11,14,17-18H,5-7H2/t10-,11-/m1/s1. The largest absolute Gasteiger partial charge is 0.508 e. The number of aromatic hydroxyl groups is 1. The van der Waals surface area contributed by atoms with Crippen LogP contribution in [0.5, 0.6) is 5.75 Å². The predicted molar refractivity (Wildman–Crippen MR) is 66.6 cm³/mol. The molecule has 3 rings (SSSR count). The first-order valence-corrected chi connectivity index (χ1v) is 6.22. The van der Waals surface area contributed by atoms with Crippen molar-refractivity contribution in [2.75, 3.05) is 6.54 Å². The van der Waals surface area contributed by atoms with E-state index >= 15 is 0 Å². The minimum Gasteiger partial charge on any atom is -0.508 e. The molecule has 1 aromatic heterocycles. The summed E-state index contributed by atoms with van der Waals surface area (Å²) in [4.78, 5) is 4.33. The summed E-state index contributed by atoms with van der Waals surface area (Å²) in [6.07, 6.45) is 0.803. The Morgan fingerprint density at radius 3 is 2.79 bits per heavy atom. The third-order valence-electron chi connectivity index (χ3n) is 3.19. The lowest BCUT2D eigenvalue weighted by Crippen LogP contribution is -2.15. The fraction of sp³-hybridized carbons (Fsp3) is 0.385. The predicted octanol–water partition coefficient (Wildman–Crippen LogP) is 0.761. The van der Waals surface area contributed by atoms with E-state index in [9.17, 15) is 10.2 Å². The summed E-state index contributed by atoms with van der Waals surface area (Å²) in [6, 6.07) is 6.85. The van der Waals surface area contributed by atoms with Crippen LogP contribution in [0.4, 0.5) is 0 Å². The van der Waals surface area contributed by atoms with Crippen LogP contribution in [0.15, 0.2) is 28.8 Å². The molecule has 0 unspecified atom stereocenters. The van der Waals surface area contributed by atoms with Gasteiger partial charge in [-0.25, -0.2) is 0 Å². The monoisotopic (exact) mass is 261 g/mol. The molecule has 6 heteroatoms. The van der Waals surface area contributed by atoms with Crippen LogP contribution < -0.4 is 5.32 Å². The molecule has 2 heterocycles. The number of phenols is 1. The minimum atomic E-state index is -0.350. The Morgan fingerprint density at radius 1 is 1.32 bits per heavy atom.